The van der Waals surface area contributed by atoms with Gasteiger partial charge in [0.2, 0.25) is 5.28 Å². The van der Waals surface area contributed by atoms with Crippen LogP contribution in [0, 0.1) is 11.6 Å². The number of aromatic nitrogens is 2. The number of rotatable bonds is 2. The maximum absolute atomic E-state index is 13.8. The zero-order chi connectivity index (χ0) is 15.0. The molecule has 0 saturated carbocycles. The lowest BCUT2D eigenvalue weighted by molar-refractivity contribution is 0.603. The largest absolute Gasteiger partial charge is 0.372 e. The van der Waals surface area contributed by atoms with Gasteiger partial charge in [0.25, 0.3) is 0 Å². The van der Waals surface area contributed by atoms with Gasteiger partial charge in [0.05, 0.1) is 5.52 Å². The van der Waals surface area contributed by atoms with Crippen molar-refractivity contribution in [2.24, 2.45) is 0 Å². The van der Waals surface area contributed by atoms with Crippen LogP contribution in [0.5, 0.6) is 0 Å². The minimum absolute atomic E-state index is 0.0868. The third kappa shape index (κ3) is 2.52. The highest BCUT2D eigenvalue weighted by Crippen LogP contribution is 2.29. The molecule has 0 unspecified atom stereocenters. The first kappa shape index (κ1) is 13.7. The van der Waals surface area contributed by atoms with Gasteiger partial charge in [0, 0.05) is 18.0 Å². The van der Waals surface area contributed by atoms with Crippen molar-refractivity contribution in [3.8, 4) is 11.1 Å². The van der Waals surface area contributed by atoms with E-state index in [1.807, 2.05) is 0 Å². The molecule has 0 spiro atoms. The second kappa shape index (κ2) is 5.26. The first-order valence-electron chi connectivity index (χ1n) is 6.19. The highest BCUT2D eigenvalue weighted by Gasteiger charge is 2.10. The summed E-state index contributed by atoms with van der Waals surface area (Å²) in [6, 6.07) is 8.42. The average molecular weight is 306 g/mol. The molecule has 6 heteroatoms. The Labute approximate surface area is 124 Å². The lowest BCUT2D eigenvalue weighted by Gasteiger charge is -2.08. The predicted octanol–water partition coefficient (Wildman–Crippen LogP) is 4.27. The van der Waals surface area contributed by atoms with Gasteiger partial charge in [-0.25, -0.2) is 18.7 Å². The predicted molar refractivity (Wildman–Crippen MR) is 79.4 cm³/mol. The molecule has 21 heavy (non-hydrogen) atoms. The third-order valence-corrected chi connectivity index (χ3v) is 3.31. The normalized spacial score (nSPS) is 10.9. The van der Waals surface area contributed by atoms with Crippen molar-refractivity contribution in [3.05, 3.63) is 53.3 Å². The maximum atomic E-state index is 13.8. The van der Waals surface area contributed by atoms with Gasteiger partial charge in [-0.1, -0.05) is 6.07 Å². The van der Waals surface area contributed by atoms with Crippen molar-refractivity contribution in [2.45, 2.75) is 0 Å². The standard InChI is InChI=1S/C15H10ClF2N3/c1-19-14-10-4-2-8(6-13(10)20-15(16)21-14)11-7-9(17)3-5-12(11)18/h2-7H,1H3,(H,19,20,21). The van der Waals surface area contributed by atoms with E-state index in [0.29, 0.717) is 16.9 Å². The molecule has 0 amide bonds. The van der Waals surface area contributed by atoms with Crippen molar-refractivity contribution in [3.63, 3.8) is 0 Å². The number of halogens is 3. The summed E-state index contributed by atoms with van der Waals surface area (Å²) in [4.78, 5) is 8.18. The van der Waals surface area contributed by atoms with Crippen LogP contribution in [0.1, 0.15) is 0 Å². The van der Waals surface area contributed by atoms with Crippen LogP contribution in [0.3, 0.4) is 0 Å². The quantitative estimate of drug-likeness (QED) is 0.718. The number of benzene rings is 2. The summed E-state index contributed by atoms with van der Waals surface area (Å²) in [6.45, 7) is 0. The minimum atomic E-state index is -0.497. The molecule has 3 rings (SSSR count). The summed E-state index contributed by atoms with van der Waals surface area (Å²) in [7, 11) is 1.72. The highest BCUT2D eigenvalue weighted by atomic mass is 35.5. The second-order valence-corrected chi connectivity index (χ2v) is 4.79. The monoisotopic (exact) mass is 305 g/mol. The van der Waals surface area contributed by atoms with E-state index in [9.17, 15) is 8.78 Å². The van der Waals surface area contributed by atoms with E-state index in [4.69, 9.17) is 11.6 Å². The van der Waals surface area contributed by atoms with Gasteiger partial charge in [-0.3, -0.25) is 0 Å². The molecule has 1 N–H and O–H groups in total. The van der Waals surface area contributed by atoms with Crippen LogP contribution in [0.15, 0.2) is 36.4 Å². The fourth-order valence-corrected chi connectivity index (χ4v) is 2.35. The first-order chi connectivity index (χ1) is 10.1. The molecule has 0 aliphatic heterocycles. The van der Waals surface area contributed by atoms with E-state index >= 15 is 0 Å². The van der Waals surface area contributed by atoms with Crippen LogP contribution in [-0.2, 0) is 0 Å². The molecule has 0 fully saturated rings. The second-order valence-electron chi connectivity index (χ2n) is 4.45. The summed E-state index contributed by atoms with van der Waals surface area (Å²) in [5, 5.41) is 3.76. The molecule has 0 radical (unpaired) electrons. The molecule has 0 bridgehead atoms. The maximum Gasteiger partial charge on any atom is 0.224 e. The summed E-state index contributed by atoms with van der Waals surface area (Å²) in [5.74, 6) is -0.413. The lowest BCUT2D eigenvalue weighted by atomic mass is 10.0. The molecule has 106 valence electrons. The summed E-state index contributed by atoms with van der Waals surface area (Å²) in [6.07, 6.45) is 0. The Hall–Kier alpha value is -2.27. The van der Waals surface area contributed by atoms with E-state index in [1.54, 1.807) is 25.2 Å². The Kier molecular flexibility index (Phi) is 3.43. The average Bonchev–Trinajstić information content (AvgIpc) is 2.48. The van der Waals surface area contributed by atoms with Gasteiger partial charge in [-0.15, -0.1) is 0 Å². The molecule has 0 aliphatic carbocycles. The number of hydrogen-bond acceptors (Lipinski definition) is 3. The molecule has 2 aromatic carbocycles. The van der Waals surface area contributed by atoms with Gasteiger partial charge in [-0.2, -0.15) is 0 Å². The highest BCUT2D eigenvalue weighted by molar-refractivity contribution is 6.28. The Morgan fingerprint density at radius 2 is 1.86 bits per heavy atom. The van der Waals surface area contributed by atoms with Gasteiger partial charge in [0.1, 0.15) is 17.5 Å². The zero-order valence-corrected chi connectivity index (χ0v) is 11.7. The minimum Gasteiger partial charge on any atom is -0.372 e. The van der Waals surface area contributed by atoms with E-state index in [-0.39, 0.29) is 10.8 Å². The summed E-state index contributed by atoms with van der Waals surface area (Å²) >= 11 is 5.86. The van der Waals surface area contributed by atoms with Crippen molar-refractivity contribution in [1.82, 2.24) is 9.97 Å². The molecular weight excluding hydrogens is 296 g/mol. The van der Waals surface area contributed by atoms with Crippen LogP contribution >= 0.6 is 11.6 Å². The number of anilines is 1. The zero-order valence-electron chi connectivity index (χ0n) is 11.0. The van der Waals surface area contributed by atoms with E-state index in [1.165, 1.54) is 0 Å². The van der Waals surface area contributed by atoms with Crippen LogP contribution in [0.25, 0.3) is 22.0 Å². The Bertz CT molecular complexity index is 837. The third-order valence-electron chi connectivity index (χ3n) is 3.15. The Morgan fingerprint density at radius 1 is 1.05 bits per heavy atom. The molecule has 0 atom stereocenters. The summed E-state index contributed by atoms with van der Waals surface area (Å²) in [5.41, 5.74) is 1.26. The molecule has 3 nitrogen and oxygen atoms in total. The van der Waals surface area contributed by atoms with E-state index in [0.717, 1.165) is 23.6 Å². The van der Waals surface area contributed by atoms with Gasteiger partial charge in [0.15, 0.2) is 0 Å². The van der Waals surface area contributed by atoms with Gasteiger partial charge in [-0.05, 0) is 47.5 Å². The molecule has 0 aliphatic rings. The number of fused-ring (bicyclic) bond motifs is 1. The van der Waals surface area contributed by atoms with Crippen LogP contribution in [0.2, 0.25) is 5.28 Å². The van der Waals surface area contributed by atoms with Crippen molar-refractivity contribution in [2.75, 3.05) is 12.4 Å². The van der Waals surface area contributed by atoms with Crippen molar-refractivity contribution < 1.29 is 8.78 Å². The van der Waals surface area contributed by atoms with Crippen molar-refractivity contribution >= 4 is 28.3 Å². The number of nitrogens with one attached hydrogen (secondary N) is 1. The van der Waals surface area contributed by atoms with Crippen LogP contribution in [-0.4, -0.2) is 17.0 Å². The van der Waals surface area contributed by atoms with E-state index in [2.05, 4.69) is 15.3 Å². The SMILES string of the molecule is CNc1nc(Cl)nc2cc(-c3cc(F)ccc3F)ccc12. The fraction of sp³-hybridized carbons (Fsp3) is 0.0667. The number of nitrogens with zero attached hydrogens (tertiary/aromatic N) is 2. The molecule has 1 heterocycles. The van der Waals surface area contributed by atoms with Crippen LogP contribution in [0.4, 0.5) is 14.6 Å². The van der Waals surface area contributed by atoms with Gasteiger partial charge < -0.3 is 5.32 Å². The molecule has 0 saturated heterocycles. The Balaban J connectivity index is 2.24. The smallest absolute Gasteiger partial charge is 0.224 e. The molecule has 3 aromatic rings. The lowest BCUT2D eigenvalue weighted by Crippen LogP contribution is -1.96. The summed E-state index contributed by atoms with van der Waals surface area (Å²) < 4.78 is 27.1. The van der Waals surface area contributed by atoms with Crippen LogP contribution < -0.4 is 5.32 Å². The van der Waals surface area contributed by atoms with Crippen molar-refractivity contribution in [1.29, 1.82) is 0 Å². The topological polar surface area (TPSA) is 37.8 Å². The Morgan fingerprint density at radius 3 is 2.62 bits per heavy atom. The first-order valence-corrected chi connectivity index (χ1v) is 6.57. The van der Waals surface area contributed by atoms with Gasteiger partial charge >= 0.3 is 0 Å². The molecular formula is C15H10ClF2N3. The number of hydrogen-bond donors (Lipinski definition) is 1. The molecule has 1 aromatic heterocycles. The van der Waals surface area contributed by atoms with E-state index < -0.39 is 11.6 Å². The fourth-order valence-electron chi connectivity index (χ4n) is 2.18.